The third-order valence-corrected chi connectivity index (χ3v) is 3.33. The van der Waals surface area contributed by atoms with Crippen LogP contribution in [0.15, 0.2) is 18.2 Å². The summed E-state index contributed by atoms with van der Waals surface area (Å²) >= 11 is 0. The van der Waals surface area contributed by atoms with Crippen LogP contribution in [-0.2, 0) is 6.54 Å². The molecule has 1 aromatic carbocycles. The summed E-state index contributed by atoms with van der Waals surface area (Å²) in [6.45, 7) is 2.55. The van der Waals surface area contributed by atoms with E-state index in [0.717, 1.165) is 38.0 Å². The summed E-state index contributed by atoms with van der Waals surface area (Å²) < 4.78 is 5.09. The first-order valence-electron chi connectivity index (χ1n) is 6.07. The fourth-order valence-corrected chi connectivity index (χ4v) is 2.43. The van der Waals surface area contributed by atoms with Crippen LogP contribution in [0.2, 0.25) is 0 Å². The highest BCUT2D eigenvalue weighted by molar-refractivity contribution is 5.44. The summed E-state index contributed by atoms with van der Waals surface area (Å²) in [7, 11) is 1.55. The largest absolute Gasteiger partial charge is 0.504 e. The number of hydrogen-bond acceptors (Lipinski definition) is 3. The Kier molecular flexibility index (Phi) is 3.86. The van der Waals surface area contributed by atoms with Gasteiger partial charge in [0.05, 0.1) is 19.2 Å². The molecule has 0 radical (unpaired) electrons. The Bertz CT molecular complexity index is 381. The van der Waals surface area contributed by atoms with Crippen LogP contribution in [0.25, 0.3) is 0 Å². The summed E-state index contributed by atoms with van der Waals surface area (Å²) in [4.78, 5) is 1.31. The van der Waals surface area contributed by atoms with Crippen molar-refractivity contribution in [3.05, 3.63) is 23.8 Å². The molecule has 0 aromatic heterocycles. The molecule has 2 atom stereocenters. The molecule has 17 heavy (non-hydrogen) atoms. The molecular weight excluding hydrogens is 218 g/mol. The molecule has 0 aliphatic carbocycles. The number of rotatable bonds is 3. The Morgan fingerprint density at radius 3 is 3.00 bits per heavy atom. The van der Waals surface area contributed by atoms with E-state index in [4.69, 9.17) is 4.74 Å². The number of quaternary nitrogens is 1. The fourth-order valence-electron chi connectivity index (χ4n) is 2.43. The standard InChI is InChI=1S/C13H19NO3/c1-17-12-6-2-4-10(13(12)16)8-14-7-3-5-11(15)9-14/h2,4,6,11,15-16H,3,5,7-9H2,1H3/p+1/t11-/m0/s1. The maximum atomic E-state index is 9.98. The first kappa shape index (κ1) is 12.2. The molecule has 1 heterocycles. The molecule has 0 saturated carbocycles. The van der Waals surface area contributed by atoms with E-state index in [1.54, 1.807) is 13.2 Å². The summed E-state index contributed by atoms with van der Waals surface area (Å²) in [5, 5.41) is 19.6. The lowest BCUT2D eigenvalue weighted by atomic mass is 10.1. The Morgan fingerprint density at radius 2 is 2.29 bits per heavy atom. The minimum Gasteiger partial charge on any atom is -0.504 e. The van der Waals surface area contributed by atoms with Crippen molar-refractivity contribution in [3.63, 3.8) is 0 Å². The average molecular weight is 238 g/mol. The summed E-state index contributed by atoms with van der Waals surface area (Å²) in [5.41, 5.74) is 0.883. The summed E-state index contributed by atoms with van der Waals surface area (Å²) in [6, 6.07) is 5.54. The first-order valence-corrected chi connectivity index (χ1v) is 6.07. The van der Waals surface area contributed by atoms with Gasteiger partial charge in [-0.05, 0) is 25.0 Å². The quantitative estimate of drug-likeness (QED) is 0.691. The highest BCUT2D eigenvalue weighted by Gasteiger charge is 2.22. The number of methoxy groups -OCH3 is 1. The van der Waals surface area contributed by atoms with Crippen LogP contribution in [0.4, 0.5) is 0 Å². The van der Waals surface area contributed by atoms with Gasteiger partial charge in [-0.1, -0.05) is 6.07 Å². The fraction of sp³-hybridized carbons (Fsp3) is 0.538. The number of phenolic OH excluding ortho intramolecular Hbond substituents is 1. The molecule has 0 amide bonds. The Hall–Kier alpha value is -1.26. The van der Waals surface area contributed by atoms with Crippen LogP contribution >= 0.6 is 0 Å². The van der Waals surface area contributed by atoms with E-state index in [1.165, 1.54) is 4.90 Å². The molecule has 1 aliphatic rings. The summed E-state index contributed by atoms with van der Waals surface area (Å²) in [5.74, 6) is 0.738. The molecule has 0 bridgehead atoms. The molecule has 94 valence electrons. The van der Waals surface area contributed by atoms with Crippen LogP contribution in [0.3, 0.4) is 0 Å². The Labute approximate surface area is 101 Å². The van der Waals surface area contributed by atoms with Crippen LogP contribution < -0.4 is 9.64 Å². The van der Waals surface area contributed by atoms with Gasteiger partial charge in [0.2, 0.25) is 0 Å². The second-order valence-electron chi connectivity index (χ2n) is 4.64. The lowest BCUT2D eigenvalue weighted by molar-refractivity contribution is -0.921. The number of aliphatic hydroxyl groups excluding tert-OH is 1. The van der Waals surface area contributed by atoms with Gasteiger partial charge in [0, 0.05) is 0 Å². The van der Waals surface area contributed by atoms with Gasteiger partial charge >= 0.3 is 0 Å². The molecule has 4 nitrogen and oxygen atoms in total. The molecule has 1 saturated heterocycles. The van der Waals surface area contributed by atoms with Gasteiger partial charge in [-0.2, -0.15) is 0 Å². The van der Waals surface area contributed by atoms with E-state index in [9.17, 15) is 10.2 Å². The van der Waals surface area contributed by atoms with E-state index >= 15 is 0 Å². The van der Waals surface area contributed by atoms with Crippen LogP contribution in [0, 0.1) is 0 Å². The van der Waals surface area contributed by atoms with Gasteiger partial charge in [0.25, 0.3) is 0 Å². The normalized spacial score (nSPS) is 24.6. The molecule has 4 heteroatoms. The number of ether oxygens (including phenoxy) is 1. The molecule has 2 rings (SSSR count). The predicted molar refractivity (Wildman–Crippen MR) is 64.3 cm³/mol. The average Bonchev–Trinajstić information content (AvgIpc) is 2.32. The van der Waals surface area contributed by atoms with E-state index in [2.05, 4.69) is 0 Å². The second kappa shape index (κ2) is 5.38. The lowest BCUT2D eigenvalue weighted by Gasteiger charge is -2.27. The SMILES string of the molecule is COc1cccc(C[NH+]2CCC[C@H](O)C2)c1O. The maximum absolute atomic E-state index is 9.98. The highest BCUT2D eigenvalue weighted by atomic mass is 16.5. The number of benzene rings is 1. The van der Waals surface area contributed by atoms with Crippen molar-refractivity contribution in [2.45, 2.75) is 25.5 Å². The van der Waals surface area contributed by atoms with E-state index in [1.807, 2.05) is 12.1 Å². The van der Waals surface area contributed by atoms with Gasteiger partial charge in [0.1, 0.15) is 19.2 Å². The van der Waals surface area contributed by atoms with Gasteiger partial charge < -0.3 is 19.8 Å². The van der Waals surface area contributed by atoms with Crippen molar-refractivity contribution in [1.82, 2.24) is 0 Å². The predicted octanol–water partition coefficient (Wildman–Crippen LogP) is -0.0596. The molecule has 1 unspecified atom stereocenters. The van der Waals surface area contributed by atoms with E-state index in [-0.39, 0.29) is 11.9 Å². The number of phenols is 1. The van der Waals surface area contributed by atoms with Crippen molar-refractivity contribution in [3.8, 4) is 11.5 Å². The number of nitrogens with one attached hydrogen (secondary N) is 1. The maximum Gasteiger partial charge on any atom is 0.166 e. The number of aromatic hydroxyl groups is 1. The van der Waals surface area contributed by atoms with Crippen LogP contribution in [-0.4, -0.2) is 36.5 Å². The molecule has 3 N–H and O–H groups in total. The van der Waals surface area contributed by atoms with Crippen LogP contribution in [0.1, 0.15) is 18.4 Å². The number of piperidine rings is 1. The third-order valence-electron chi connectivity index (χ3n) is 3.33. The summed E-state index contributed by atoms with van der Waals surface area (Å²) in [6.07, 6.45) is 1.74. The second-order valence-corrected chi connectivity index (χ2v) is 4.64. The minimum absolute atomic E-state index is 0.202. The molecule has 0 spiro atoms. The van der Waals surface area contributed by atoms with Crippen molar-refractivity contribution < 1.29 is 19.8 Å². The monoisotopic (exact) mass is 238 g/mol. The molecule has 1 aromatic rings. The minimum atomic E-state index is -0.202. The zero-order chi connectivity index (χ0) is 12.3. The first-order chi connectivity index (χ1) is 8.20. The van der Waals surface area contributed by atoms with Gasteiger partial charge in [-0.3, -0.25) is 0 Å². The van der Waals surface area contributed by atoms with Crippen molar-refractivity contribution in [1.29, 1.82) is 0 Å². The Morgan fingerprint density at radius 1 is 1.47 bits per heavy atom. The molecular formula is C13H20NO3+. The zero-order valence-corrected chi connectivity index (χ0v) is 10.1. The highest BCUT2D eigenvalue weighted by Crippen LogP contribution is 2.28. The lowest BCUT2D eigenvalue weighted by Crippen LogP contribution is -3.12. The van der Waals surface area contributed by atoms with Gasteiger partial charge in [-0.25, -0.2) is 0 Å². The zero-order valence-electron chi connectivity index (χ0n) is 10.1. The number of para-hydroxylation sites is 1. The Balaban J connectivity index is 2.07. The van der Waals surface area contributed by atoms with E-state index in [0.29, 0.717) is 5.75 Å². The van der Waals surface area contributed by atoms with E-state index < -0.39 is 0 Å². The molecule has 1 aliphatic heterocycles. The third kappa shape index (κ3) is 2.90. The molecule has 1 fully saturated rings. The van der Waals surface area contributed by atoms with Crippen LogP contribution in [0.5, 0.6) is 11.5 Å². The van der Waals surface area contributed by atoms with Crippen molar-refractivity contribution in [2.24, 2.45) is 0 Å². The smallest absolute Gasteiger partial charge is 0.166 e. The van der Waals surface area contributed by atoms with Gasteiger partial charge in [-0.15, -0.1) is 0 Å². The topological polar surface area (TPSA) is 54.1 Å². The number of likely N-dealkylation sites (tertiary alicyclic amines) is 1. The van der Waals surface area contributed by atoms with Crippen molar-refractivity contribution in [2.75, 3.05) is 20.2 Å². The number of aliphatic hydroxyl groups is 1. The van der Waals surface area contributed by atoms with Gasteiger partial charge in [0.15, 0.2) is 11.5 Å². The van der Waals surface area contributed by atoms with Crippen molar-refractivity contribution >= 4 is 0 Å². The number of hydrogen-bond donors (Lipinski definition) is 3.